The first-order chi connectivity index (χ1) is 14.8. The number of anilines is 1. The van der Waals surface area contributed by atoms with Crippen molar-refractivity contribution in [1.82, 2.24) is 19.7 Å². The van der Waals surface area contributed by atoms with Crippen molar-refractivity contribution in [3.8, 4) is 12.0 Å². The predicted molar refractivity (Wildman–Crippen MR) is 116 cm³/mol. The van der Waals surface area contributed by atoms with Crippen molar-refractivity contribution < 1.29 is 4.79 Å². The van der Waals surface area contributed by atoms with Crippen LogP contribution >= 0.6 is 0 Å². The number of rotatable bonds is 3. The summed E-state index contributed by atoms with van der Waals surface area (Å²) in [4.78, 5) is 33.0. The Kier molecular flexibility index (Phi) is 5.19. The van der Waals surface area contributed by atoms with Crippen LogP contribution in [0.25, 0.3) is 5.95 Å². The van der Waals surface area contributed by atoms with Crippen LogP contribution in [-0.4, -0.2) is 25.7 Å². The largest absolute Gasteiger partial charge is 0.306 e. The Morgan fingerprint density at radius 1 is 1.23 bits per heavy atom. The lowest BCUT2D eigenvalue weighted by molar-refractivity contribution is 0.102. The van der Waals surface area contributed by atoms with E-state index < -0.39 is 0 Å². The van der Waals surface area contributed by atoms with Gasteiger partial charge in [0, 0.05) is 22.6 Å². The summed E-state index contributed by atoms with van der Waals surface area (Å²) in [7, 11) is 0. The van der Waals surface area contributed by atoms with Gasteiger partial charge in [0.15, 0.2) is 0 Å². The number of carbonyl (C=O) groups is 1. The van der Waals surface area contributed by atoms with Crippen LogP contribution in [0.2, 0.25) is 0 Å². The Hall–Kier alpha value is -3.73. The lowest BCUT2D eigenvalue weighted by atomic mass is 9.92. The standard InChI is InChI=1S/C23H24N6O2/c1-23(2,3)18-12-19(26-20(30)15-8-6-7-14(11-15)13-24)29(28-18)22-25-17-10-5-4-9-16(17)21(31)27-22/h6-8,11-12H,4-5,9-10H2,1-3H3,(H,26,30)(H,25,27,31). The molecule has 1 amide bonds. The molecule has 8 nitrogen and oxygen atoms in total. The minimum atomic E-state index is -0.376. The molecule has 2 N–H and O–H groups in total. The van der Waals surface area contributed by atoms with Crippen LogP contribution in [0.4, 0.5) is 5.82 Å². The number of amides is 1. The normalized spacial score (nSPS) is 13.4. The van der Waals surface area contributed by atoms with Gasteiger partial charge in [0.2, 0.25) is 5.95 Å². The summed E-state index contributed by atoms with van der Waals surface area (Å²) in [5.74, 6) is 0.303. The van der Waals surface area contributed by atoms with E-state index in [1.807, 2.05) is 26.8 Å². The topological polar surface area (TPSA) is 116 Å². The summed E-state index contributed by atoms with van der Waals surface area (Å²) in [5, 5.41) is 16.6. The molecule has 4 rings (SSSR count). The number of aromatic amines is 1. The van der Waals surface area contributed by atoms with E-state index in [2.05, 4.69) is 20.4 Å². The maximum Gasteiger partial charge on any atom is 0.256 e. The Morgan fingerprint density at radius 3 is 2.74 bits per heavy atom. The highest BCUT2D eigenvalue weighted by Crippen LogP contribution is 2.26. The number of nitrogens with one attached hydrogen (secondary N) is 2. The van der Waals surface area contributed by atoms with E-state index in [-0.39, 0.29) is 22.8 Å². The van der Waals surface area contributed by atoms with Crippen molar-refractivity contribution >= 4 is 11.7 Å². The van der Waals surface area contributed by atoms with Gasteiger partial charge in [-0.15, -0.1) is 0 Å². The molecule has 0 saturated carbocycles. The van der Waals surface area contributed by atoms with Crippen LogP contribution in [0.15, 0.2) is 35.1 Å². The first kappa shape index (κ1) is 20.5. The monoisotopic (exact) mass is 416 g/mol. The summed E-state index contributed by atoms with van der Waals surface area (Å²) in [5.41, 5.74) is 2.59. The molecule has 0 radical (unpaired) electrons. The summed E-state index contributed by atoms with van der Waals surface area (Å²) >= 11 is 0. The Balaban J connectivity index is 1.77. The number of carbonyl (C=O) groups excluding carboxylic acids is 1. The molecule has 1 aliphatic rings. The molecule has 31 heavy (non-hydrogen) atoms. The Morgan fingerprint density at radius 2 is 2.00 bits per heavy atom. The van der Waals surface area contributed by atoms with Crippen LogP contribution in [-0.2, 0) is 18.3 Å². The quantitative estimate of drug-likeness (QED) is 0.680. The van der Waals surface area contributed by atoms with E-state index in [1.54, 1.807) is 24.3 Å². The number of hydrogen-bond donors (Lipinski definition) is 2. The van der Waals surface area contributed by atoms with Gasteiger partial charge in [-0.1, -0.05) is 26.8 Å². The van der Waals surface area contributed by atoms with Crippen molar-refractivity contribution in [1.29, 1.82) is 5.26 Å². The van der Waals surface area contributed by atoms with Crippen molar-refractivity contribution in [3.63, 3.8) is 0 Å². The summed E-state index contributed by atoms with van der Waals surface area (Å²) in [6.45, 7) is 6.06. The zero-order valence-corrected chi connectivity index (χ0v) is 17.8. The van der Waals surface area contributed by atoms with Gasteiger partial charge in [0.1, 0.15) is 5.82 Å². The third-order valence-electron chi connectivity index (χ3n) is 5.35. The highest BCUT2D eigenvalue weighted by molar-refractivity contribution is 6.04. The van der Waals surface area contributed by atoms with Gasteiger partial charge in [-0.25, -0.2) is 4.98 Å². The number of fused-ring (bicyclic) bond motifs is 1. The lowest BCUT2D eigenvalue weighted by Crippen LogP contribution is -2.25. The fraction of sp³-hybridized carbons (Fsp3) is 0.348. The second-order valence-corrected chi connectivity index (χ2v) is 8.75. The van der Waals surface area contributed by atoms with Gasteiger partial charge < -0.3 is 5.32 Å². The first-order valence-electron chi connectivity index (χ1n) is 10.3. The first-order valence-corrected chi connectivity index (χ1v) is 10.3. The minimum absolute atomic E-state index is 0.161. The molecule has 1 aliphatic carbocycles. The van der Waals surface area contributed by atoms with Crippen LogP contribution in [0, 0.1) is 11.3 Å². The number of nitrogens with zero attached hydrogens (tertiary/aromatic N) is 4. The second kappa shape index (κ2) is 7.84. The Bertz CT molecular complexity index is 1260. The molecule has 0 fully saturated rings. The minimum Gasteiger partial charge on any atom is -0.306 e. The van der Waals surface area contributed by atoms with E-state index in [1.165, 1.54) is 10.7 Å². The van der Waals surface area contributed by atoms with E-state index in [4.69, 9.17) is 5.26 Å². The molecule has 2 aromatic heterocycles. The lowest BCUT2D eigenvalue weighted by Gasteiger charge is -2.16. The van der Waals surface area contributed by atoms with Crippen molar-refractivity contribution in [3.05, 3.63) is 68.8 Å². The van der Waals surface area contributed by atoms with Crippen LogP contribution in [0.5, 0.6) is 0 Å². The summed E-state index contributed by atoms with van der Waals surface area (Å²) in [6, 6.07) is 10.3. The maximum absolute atomic E-state index is 12.9. The van der Waals surface area contributed by atoms with Gasteiger partial charge in [-0.3, -0.25) is 14.6 Å². The second-order valence-electron chi connectivity index (χ2n) is 8.75. The average molecular weight is 416 g/mol. The van der Waals surface area contributed by atoms with E-state index >= 15 is 0 Å². The van der Waals surface area contributed by atoms with Gasteiger partial charge in [-0.2, -0.15) is 15.0 Å². The molecule has 158 valence electrons. The number of hydrogen-bond acceptors (Lipinski definition) is 5. The van der Waals surface area contributed by atoms with Gasteiger partial charge in [0.25, 0.3) is 11.5 Å². The number of H-pyrrole nitrogens is 1. The van der Waals surface area contributed by atoms with Crippen molar-refractivity contribution in [2.75, 3.05) is 5.32 Å². The zero-order chi connectivity index (χ0) is 22.2. The third-order valence-corrected chi connectivity index (χ3v) is 5.35. The van der Waals surface area contributed by atoms with Gasteiger partial charge >= 0.3 is 0 Å². The van der Waals surface area contributed by atoms with Crippen molar-refractivity contribution in [2.24, 2.45) is 0 Å². The summed E-state index contributed by atoms with van der Waals surface area (Å²) < 4.78 is 1.48. The highest BCUT2D eigenvalue weighted by atomic mass is 16.2. The fourth-order valence-corrected chi connectivity index (χ4v) is 3.61. The predicted octanol–water partition coefficient (Wildman–Crippen LogP) is 3.26. The maximum atomic E-state index is 12.9. The third kappa shape index (κ3) is 4.12. The van der Waals surface area contributed by atoms with Crippen LogP contribution in [0.1, 0.15) is 66.5 Å². The SMILES string of the molecule is CC(C)(C)c1cc(NC(=O)c2cccc(C#N)c2)n(-c2nc3c(c(=O)[nH]2)CCCC3)n1. The van der Waals surface area contributed by atoms with E-state index in [0.29, 0.717) is 16.9 Å². The molecule has 0 bridgehead atoms. The molecular formula is C23H24N6O2. The number of nitriles is 1. The molecule has 0 aliphatic heterocycles. The number of aryl methyl sites for hydroxylation is 1. The van der Waals surface area contributed by atoms with Gasteiger partial charge in [0.05, 0.1) is 23.0 Å². The van der Waals surface area contributed by atoms with Crippen molar-refractivity contribution in [2.45, 2.75) is 51.9 Å². The highest BCUT2D eigenvalue weighted by Gasteiger charge is 2.24. The van der Waals surface area contributed by atoms with E-state index in [9.17, 15) is 9.59 Å². The molecule has 2 heterocycles. The molecule has 1 aromatic carbocycles. The molecule has 0 saturated heterocycles. The van der Waals surface area contributed by atoms with Crippen LogP contribution in [0.3, 0.4) is 0 Å². The number of benzene rings is 1. The summed E-state index contributed by atoms with van der Waals surface area (Å²) in [6.07, 6.45) is 3.45. The fourth-order valence-electron chi connectivity index (χ4n) is 3.61. The molecule has 0 unspecified atom stereocenters. The molecule has 8 heteroatoms. The zero-order valence-electron chi connectivity index (χ0n) is 17.8. The molecular weight excluding hydrogens is 392 g/mol. The number of aromatic nitrogens is 4. The Labute approximate surface area is 180 Å². The smallest absolute Gasteiger partial charge is 0.256 e. The molecule has 0 atom stereocenters. The van der Waals surface area contributed by atoms with E-state index in [0.717, 1.165) is 42.6 Å². The molecule has 0 spiro atoms. The molecule has 3 aromatic rings. The van der Waals surface area contributed by atoms with Gasteiger partial charge in [-0.05, 0) is 43.9 Å². The van der Waals surface area contributed by atoms with Crippen LogP contribution < -0.4 is 10.9 Å². The average Bonchev–Trinajstić information content (AvgIpc) is 3.18.